The number of fused-ring (bicyclic) bond motifs is 2. The Bertz CT molecular complexity index is 5600. The Balaban J connectivity index is 0.000000186. The number of carbonyl (C=O) groups is 5. The number of sulfone groups is 1. The average Bonchev–Trinajstić information content (AvgIpc) is 1.61. The maximum atomic E-state index is 14.1. The molecule has 4 aliphatic heterocycles. The zero-order valence-electron chi connectivity index (χ0n) is 69.5. The van der Waals surface area contributed by atoms with Crippen LogP contribution in [-0.2, 0) is 80.1 Å². The van der Waals surface area contributed by atoms with Crippen molar-refractivity contribution in [1.82, 2.24) is 70.1 Å². The Morgan fingerprint density at radius 3 is 1.31 bits per heavy atom. The van der Waals surface area contributed by atoms with E-state index in [-0.39, 0.29) is 91.5 Å². The predicted molar refractivity (Wildman–Crippen MR) is 453 cm³/mol. The van der Waals surface area contributed by atoms with E-state index in [0.29, 0.717) is 66.8 Å². The van der Waals surface area contributed by atoms with Crippen LogP contribution in [0.2, 0.25) is 0 Å². The van der Waals surface area contributed by atoms with Crippen molar-refractivity contribution in [3.8, 4) is 23.0 Å². The van der Waals surface area contributed by atoms with Crippen LogP contribution in [0.4, 0.5) is 26.3 Å². The van der Waals surface area contributed by atoms with Gasteiger partial charge in [-0.3, -0.25) is 29.0 Å². The standard InChI is InChI=1S/C28H26F2N6O3.C20H20BrF2N5O2.C19H21BrF2N2O4S.C14H18BNO3.C3H4N2.ClH/c1-28(2,3)39-24(37)10-19(6-16-7-20(29)11-21(30)8-16)25-23(13-33-27(35-25)36-15-31-14-34-36)17-4-5-18-12-32-26(38)22(18)9-17;1-20(2,3)30-17(29)7-13(4-12-5-14(22)8-15(23)6-12)18-16(21)9-25-19(27-18)28-11-24-10-26-28;1-19(2,3)28-16(25)8-12(5-11-6-13(21)9-14(22)7-11)17-15(20)10-23-18(24-17)29(4,26)27;1-13(2)14(3,4)19-15(18-13)10-6-5-9-8-16-12(17)11(9)7-10;1-2-5-3-4-1;/h4-5,7-9,11,13-15,19H,6,10,12H2,1-3H3,(H,32,38);5-6,8-11,13H,4,7H2,1-3H3;6-7,9-10,12H,5,8H2,1-4H3;5-7H,8H2,1-4H3,(H,16,17);1,3H,2H2;1H/t19-;13-;12-;;;/m111.../s1. The fourth-order valence-corrected chi connectivity index (χ4v) is 14.3. The second-order valence-corrected chi connectivity index (χ2v) is 36.3. The Morgan fingerprint density at radius 2 is 0.927 bits per heavy atom. The van der Waals surface area contributed by atoms with E-state index in [0.717, 1.165) is 65.3 Å². The molecule has 0 aliphatic carbocycles. The van der Waals surface area contributed by atoms with Crippen molar-refractivity contribution in [2.75, 3.05) is 12.8 Å². The summed E-state index contributed by atoms with van der Waals surface area (Å²) in [6.45, 7) is 25.6. The van der Waals surface area contributed by atoms with Gasteiger partial charge < -0.3 is 34.2 Å². The van der Waals surface area contributed by atoms with Gasteiger partial charge in [-0.1, -0.05) is 24.3 Å². The van der Waals surface area contributed by atoms with Crippen LogP contribution >= 0.6 is 44.3 Å². The van der Waals surface area contributed by atoms with E-state index in [1.807, 2.05) is 58.0 Å². The molecule has 3 atom stereocenters. The monoisotopic (exact) mass is 1860 g/mol. The lowest BCUT2D eigenvalue weighted by Gasteiger charge is -2.32. The Morgan fingerprint density at radius 1 is 0.537 bits per heavy atom. The van der Waals surface area contributed by atoms with Gasteiger partial charge in [0.2, 0.25) is 15.0 Å². The third kappa shape index (κ3) is 27.5. The quantitative estimate of drug-likeness (QED) is 0.0235. The third-order valence-electron chi connectivity index (χ3n) is 18.7. The molecule has 123 heavy (non-hydrogen) atoms. The van der Waals surface area contributed by atoms with Gasteiger partial charge in [0.15, 0.2) is 0 Å². The number of nitrogens with zero attached hydrogens (tertiary/aromatic N) is 14. The highest BCUT2D eigenvalue weighted by molar-refractivity contribution is 9.10. The maximum absolute atomic E-state index is 14.1. The van der Waals surface area contributed by atoms with Gasteiger partial charge in [0.1, 0.15) is 83.4 Å². The van der Waals surface area contributed by atoms with Crippen molar-refractivity contribution in [1.29, 1.82) is 0 Å². The minimum absolute atomic E-state index is 0. The molecule has 1 saturated heterocycles. The van der Waals surface area contributed by atoms with E-state index in [1.54, 1.807) is 87.1 Å². The van der Waals surface area contributed by atoms with Crippen LogP contribution < -0.4 is 16.1 Å². The topological polar surface area (TPSA) is 353 Å². The summed E-state index contributed by atoms with van der Waals surface area (Å²) in [4.78, 5) is 103. The van der Waals surface area contributed by atoms with Crippen LogP contribution in [0.1, 0.15) is 193 Å². The first-order valence-corrected chi connectivity index (χ1v) is 41.7. The summed E-state index contributed by atoms with van der Waals surface area (Å²) in [6, 6.07) is 20.8. The van der Waals surface area contributed by atoms with Gasteiger partial charge in [-0.05, 0) is 229 Å². The zero-order chi connectivity index (χ0) is 89.0. The summed E-state index contributed by atoms with van der Waals surface area (Å²) in [5.41, 5.74) is 4.63. The first kappa shape index (κ1) is 95.9. The van der Waals surface area contributed by atoms with Gasteiger partial charge in [0, 0.05) is 96.8 Å². The van der Waals surface area contributed by atoms with Crippen molar-refractivity contribution >= 4 is 109 Å². The largest absolute Gasteiger partial charge is 0.494 e. The minimum atomic E-state index is -3.70. The number of aliphatic imine (C=N–C) groups is 2. The second kappa shape index (κ2) is 40.6. The molecule has 5 aromatic carbocycles. The predicted octanol–water partition coefficient (Wildman–Crippen LogP) is 14.2. The van der Waals surface area contributed by atoms with Crippen LogP contribution in [0, 0.1) is 34.9 Å². The fourth-order valence-electron chi connectivity index (χ4n) is 12.8. The molecule has 28 nitrogen and oxygen atoms in total. The van der Waals surface area contributed by atoms with E-state index in [4.69, 9.17) is 28.5 Å². The van der Waals surface area contributed by atoms with Gasteiger partial charge in [-0.15, -0.1) is 12.4 Å². The average molecular weight is 1870 g/mol. The molecule has 0 radical (unpaired) electrons. The SMILES string of the molecule is C1=NC=NC1.CC(C)(C)OC(=O)C[C@@H](Cc1cc(F)cc(F)c1)c1nc(-n2cncn2)ncc1-c1ccc2c(c1)C(=O)NC2.CC(C)(C)OC(=O)C[C@@H](Cc1cc(F)cc(F)c1)c1nc(-n2cncn2)ncc1Br.CC(C)(C)OC(=O)C[C@@H](Cc1cc(F)cc(F)c1)c1nc(S(C)(=O)=O)ncc1Br.CC1(C)OB(c2ccc3c(c2)C(=O)NC3)OC1(C)C.Cl. The molecule has 5 aromatic heterocycles. The van der Waals surface area contributed by atoms with Crippen LogP contribution in [0.25, 0.3) is 23.0 Å². The number of esters is 3. The van der Waals surface area contributed by atoms with Crippen molar-refractivity contribution in [3.05, 3.63) is 235 Å². The Hall–Kier alpha value is -10.9. The summed E-state index contributed by atoms with van der Waals surface area (Å²) in [5.74, 6) is -7.48. The maximum Gasteiger partial charge on any atom is 0.494 e. The number of hydrogen-bond donors (Lipinski definition) is 2. The summed E-state index contributed by atoms with van der Waals surface area (Å²) < 4.78 is 139. The first-order valence-electron chi connectivity index (χ1n) is 38.2. The number of carbonyl (C=O) groups excluding carboxylic acids is 5. The highest BCUT2D eigenvalue weighted by Crippen LogP contribution is 2.39. The summed E-state index contributed by atoms with van der Waals surface area (Å²) >= 11 is 6.69. The molecule has 10 aromatic rings. The van der Waals surface area contributed by atoms with E-state index < -0.39 is 109 Å². The van der Waals surface area contributed by atoms with Crippen LogP contribution in [-0.4, -0.2) is 158 Å². The van der Waals surface area contributed by atoms with Gasteiger partial charge in [0.25, 0.3) is 23.7 Å². The summed E-state index contributed by atoms with van der Waals surface area (Å²) in [6.07, 6.45) is 14.2. The number of benzene rings is 5. The third-order valence-corrected chi connectivity index (χ3v) is 20.7. The number of rotatable bonds is 20. The van der Waals surface area contributed by atoms with Crippen molar-refractivity contribution < 1.29 is 82.3 Å². The van der Waals surface area contributed by atoms with Crippen molar-refractivity contribution in [2.24, 2.45) is 9.98 Å². The van der Waals surface area contributed by atoms with E-state index in [9.17, 15) is 58.7 Å². The summed E-state index contributed by atoms with van der Waals surface area (Å²) in [5, 5.41) is 13.3. The normalized spacial score (nSPS) is 14.8. The molecule has 650 valence electrons. The van der Waals surface area contributed by atoms with Gasteiger partial charge in [-0.2, -0.15) is 19.6 Å². The lowest BCUT2D eigenvalue weighted by Crippen LogP contribution is -2.41. The lowest BCUT2D eigenvalue weighted by atomic mass is 9.78. The number of hydrogen-bond acceptors (Lipinski definition) is 24. The van der Waals surface area contributed by atoms with Crippen molar-refractivity contribution in [3.63, 3.8) is 0 Å². The van der Waals surface area contributed by atoms with Gasteiger partial charge >= 0.3 is 25.0 Å². The van der Waals surface area contributed by atoms with Gasteiger partial charge in [0.05, 0.1) is 63.0 Å². The number of halogens is 9. The Kier molecular flexibility index (Phi) is 31.7. The highest BCUT2D eigenvalue weighted by Gasteiger charge is 2.52. The van der Waals surface area contributed by atoms with Crippen LogP contribution in [0.5, 0.6) is 0 Å². The molecular weight excluding hydrogens is 1780 g/mol. The fraction of sp³-hybridized carbons (Fsp3) is 0.369. The number of ether oxygens (including phenoxy) is 3. The Labute approximate surface area is 729 Å². The van der Waals surface area contributed by atoms with Crippen molar-refractivity contribution in [2.45, 2.75) is 193 Å². The first-order chi connectivity index (χ1) is 57.2. The van der Waals surface area contributed by atoms with E-state index in [1.165, 1.54) is 71.3 Å². The van der Waals surface area contributed by atoms with Gasteiger partial charge in [-0.25, -0.2) is 79.6 Å². The molecule has 9 heterocycles. The molecule has 14 rings (SSSR count). The highest BCUT2D eigenvalue weighted by atomic mass is 79.9. The number of amides is 2. The molecule has 39 heteroatoms. The molecule has 0 spiro atoms. The molecule has 0 saturated carbocycles. The number of nitrogens with one attached hydrogen (secondary N) is 2. The molecule has 4 aliphatic rings. The molecule has 1 fully saturated rings. The minimum Gasteiger partial charge on any atom is -0.460 e. The smallest absolute Gasteiger partial charge is 0.460 e. The molecule has 0 unspecified atom stereocenters. The number of aromatic nitrogens is 12. The zero-order valence-corrected chi connectivity index (χ0v) is 74.3. The molecular formula is C84H90BBr2ClF6N16O12S. The van der Waals surface area contributed by atoms with E-state index in [2.05, 4.69) is 97.6 Å². The molecule has 2 N–H and O–H groups in total. The van der Waals surface area contributed by atoms with Crippen LogP contribution in [0.15, 0.2) is 159 Å². The molecule has 2 amide bonds. The summed E-state index contributed by atoms with van der Waals surface area (Å²) in [7, 11) is -4.11. The molecule has 0 bridgehead atoms. The van der Waals surface area contributed by atoms with Crippen LogP contribution in [0.3, 0.4) is 0 Å². The second-order valence-electron chi connectivity index (χ2n) is 32.7. The van der Waals surface area contributed by atoms with E-state index >= 15 is 0 Å². The lowest BCUT2D eigenvalue weighted by molar-refractivity contribution is -0.156.